The number of carbonyl (C=O) groups is 1. The molecule has 0 heterocycles. The van der Waals surface area contributed by atoms with E-state index in [1.807, 2.05) is 30.3 Å². The van der Waals surface area contributed by atoms with Crippen molar-refractivity contribution in [3.63, 3.8) is 0 Å². The van der Waals surface area contributed by atoms with Crippen molar-refractivity contribution in [1.82, 2.24) is 4.90 Å². The highest BCUT2D eigenvalue weighted by Crippen LogP contribution is 2.25. The number of nitrogens with zero attached hydrogens (tertiary/aromatic N) is 1. The molecule has 0 aliphatic rings. The van der Waals surface area contributed by atoms with Crippen LogP contribution in [0.4, 0.5) is 5.69 Å². The van der Waals surface area contributed by atoms with Gasteiger partial charge in [-0.15, -0.1) is 0 Å². The van der Waals surface area contributed by atoms with Gasteiger partial charge in [0, 0.05) is 24.8 Å². The standard InChI is InChI=1S/C21H19ClN2O3S/c1-24(15-16-8-4-2-5-9-16)21(25)17-12-13-19(22)20(14-17)28(26,27)23-18-10-6-3-7-11-18/h2-14,23H,15H2,1H3. The molecule has 0 fully saturated rings. The zero-order chi connectivity index (χ0) is 20.1. The number of hydrogen-bond acceptors (Lipinski definition) is 3. The zero-order valence-electron chi connectivity index (χ0n) is 15.2. The average Bonchev–Trinajstić information content (AvgIpc) is 2.69. The molecule has 1 amide bonds. The second kappa shape index (κ2) is 8.46. The van der Waals surface area contributed by atoms with E-state index in [1.165, 1.54) is 23.1 Å². The summed E-state index contributed by atoms with van der Waals surface area (Å²) in [4.78, 5) is 14.2. The van der Waals surface area contributed by atoms with E-state index in [9.17, 15) is 13.2 Å². The van der Waals surface area contributed by atoms with E-state index in [4.69, 9.17) is 11.6 Å². The number of nitrogens with one attached hydrogen (secondary N) is 1. The van der Waals surface area contributed by atoms with E-state index in [-0.39, 0.29) is 21.4 Å². The number of halogens is 1. The third kappa shape index (κ3) is 4.71. The quantitative estimate of drug-likeness (QED) is 0.649. The molecule has 0 aromatic heterocycles. The molecular weight excluding hydrogens is 396 g/mol. The summed E-state index contributed by atoms with van der Waals surface area (Å²) in [5.74, 6) is -0.295. The minimum absolute atomic E-state index is 0.0469. The lowest BCUT2D eigenvalue weighted by atomic mass is 10.1. The van der Waals surface area contributed by atoms with Crippen molar-refractivity contribution < 1.29 is 13.2 Å². The maximum atomic E-state index is 12.8. The lowest BCUT2D eigenvalue weighted by Gasteiger charge is -2.18. The molecule has 144 valence electrons. The molecule has 5 nitrogen and oxygen atoms in total. The normalized spacial score (nSPS) is 11.1. The van der Waals surface area contributed by atoms with Crippen LogP contribution in [-0.4, -0.2) is 26.3 Å². The molecule has 7 heteroatoms. The van der Waals surface area contributed by atoms with Gasteiger partial charge in [0.2, 0.25) is 0 Å². The highest BCUT2D eigenvalue weighted by Gasteiger charge is 2.21. The van der Waals surface area contributed by atoms with Crippen LogP contribution < -0.4 is 4.72 Å². The molecule has 0 radical (unpaired) electrons. The molecule has 0 aliphatic carbocycles. The number of hydrogen-bond donors (Lipinski definition) is 1. The topological polar surface area (TPSA) is 66.5 Å². The van der Waals surface area contributed by atoms with Crippen LogP contribution in [0.1, 0.15) is 15.9 Å². The zero-order valence-corrected chi connectivity index (χ0v) is 16.7. The van der Waals surface area contributed by atoms with Crippen LogP contribution in [0.25, 0.3) is 0 Å². The molecule has 0 spiro atoms. The van der Waals surface area contributed by atoms with E-state index < -0.39 is 10.0 Å². The van der Waals surface area contributed by atoms with Crippen LogP contribution in [0.3, 0.4) is 0 Å². The second-order valence-electron chi connectivity index (χ2n) is 6.26. The molecule has 28 heavy (non-hydrogen) atoms. The van der Waals surface area contributed by atoms with Crippen molar-refractivity contribution in [3.8, 4) is 0 Å². The molecule has 1 N–H and O–H groups in total. The molecule has 0 saturated carbocycles. The Morgan fingerprint density at radius 3 is 2.21 bits per heavy atom. The Morgan fingerprint density at radius 1 is 0.964 bits per heavy atom. The van der Waals surface area contributed by atoms with E-state index >= 15 is 0 Å². The number of sulfonamides is 1. The van der Waals surface area contributed by atoms with Crippen LogP contribution in [0.15, 0.2) is 83.8 Å². The van der Waals surface area contributed by atoms with E-state index in [1.54, 1.807) is 37.4 Å². The molecule has 0 unspecified atom stereocenters. The number of anilines is 1. The van der Waals surface area contributed by atoms with E-state index in [0.717, 1.165) is 5.56 Å². The van der Waals surface area contributed by atoms with Crippen LogP contribution in [0.2, 0.25) is 5.02 Å². The summed E-state index contributed by atoms with van der Waals surface area (Å²) in [7, 11) is -2.27. The maximum absolute atomic E-state index is 12.8. The van der Waals surface area contributed by atoms with Gasteiger partial charge >= 0.3 is 0 Å². The molecule has 0 aliphatic heterocycles. The summed E-state index contributed by atoms with van der Waals surface area (Å²) >= 11 is 6.12. The summed E-state index contributed by atoms with van der Waals surface area (Å²) in [6.07, 6.45) is 0. The largest absolute Gasteiger partial charge is 0.337 e. The highest BCUT2D eigenvalue weighted by molar-refractivity contribution is 7.92. The average molecular weight is 415 g/mol. The fraction of sp³-hybridized carbons (Fsp3) is 0.0952. The Morgan fingerprint density at radius 2 is 1.57 bits per heavy atom. The van der Waals surface area contributed by atoms with Gasteiger partial charge in [-0.05, 0) is 35.9 Å². The monoisotopic (exact) mass is 414 g/mol. The van der Waals surface area contributed by atoms with Gasteiger partial charge in [-0.3, -0.25) is 9.52 Å². The van der Waals surface area contributed by atoms with Crippen molar-refractivity contribution >= 4 is 33.2 Å². The first-order chi connectivity index (χ1) is 13.4. The Balaban J connectivity index is 1.85. The van der Waals surface area contributed by atoms with Crippen molar-refractivity contribution in [2.45, 2.75) is 11.4 Å². The van der Waals surface area contributed by atoms with Crippen molar-refractivity contribution in [2.24, 2.45) is 0 Å². The second-order valence-corrected chi connectivity index (χ2v) is 8.32. The number of rotatable bonds is 6. The first-order valence-corrected chi connectivity index (χ1v) is 10.4. The third-order valence-electron chi connectivity index (χ3n) is 4.10. The summed E-state index contributed by atoms with van der Waals surface area (Å²) in [6.45, 7) is 0.409. The van der Waals surface area contributed by atoms with Gasteiger partial charge < -0.3 is 4.90 Å². The van der Waals surface area contributed by atoms with Crippen LogP contribution in [0, 0.1) is 0 Å². The Kier molecular flexibility index (Phi) is 6.02. The summed E-state index contributed by atoms with van der Waals surface area (Å²) < 4.78 is 27.9. The summed E-state index contributed by atoms with van der Waals surface area (Å²) in [6, 6.07) is 22.3. The lowest BCUT2D eigenvalue weighted by molar-refractivity contribution is 0.0785. The summed E-state index contributed by atoms with van der Waals surface area (Å²) in [5.41, 5.74) is 1.64. The van der Waals surface area contributed by atoms with Gasteiger partial charge in [-0.25, -0.2) is 8.42 Å². The van der Waals surface area contributed by atoms with Gasteiger partial charge in [0.1, 0.15) is 4.90 Å². The number of para-hydroxylation sites is 1. The Labute approximate surface area is 169 Å². The minimum Gasteiger partial charge on any atom is -0.337 e. The van der Waals surface area contributed by atoms with Gasteiger partial charge in [0.05, 0.1) is 5.02 Å². The minimum atomic E-state index is -3.94. The molecule has 0 bridgehead atoms. The predicted octanol–water partition coefficient (Wildman–Crippen LogP) is 4.41. The first-order valence-electron chi connectivity index (χ1n) is 8.53. The fourth-order valence-electron chi connectivity index (χ4n) is 2.71. The third-order valence-corrected chi connectivity index (χ3v) is 5.97. The predicted molar refractivity (Wildman–Crippen MR) is 111 cm³/mol. The molecule has 3 aromatic rings. The molecule has 0 saturated heterocycles. The number of benzene rings is 3. The van der Waals surface area contributed by atoms with Gasteiger partial charge in [-0.1, -0.05) is 60.1 Å². The molecular formula is C21H19ClN2O3S. The van der Waals surface area contributed by atoms with E-state index in [2.05, 4.69) is 4.72 Å². The van der Waals surface area contributed by atoms with Crippen molar-refractivity contribution in [1.29, 1.82) is 0 Å². The Bertz CT molecular complexity index is 1070. The Hall–Kier alpha value is -2.83. The smallest absolute Gasteiger partial charge is 0.263 e. The maximum Gasteiger partial charge on any atom is 0.263 e. The van der Waals surface area contributed by atoms with Crippen LogP contribution >= 0.6 is 11.6 Å². The van der Waals surface area contributed by atoms with Gasteiger partial charge in [-0.2, -0.15) is 0 Å². The SMILES string of the molecule is CN(Cc1ccccc1)C(=O)c1ccc(Cl)c(S(=O)(=O)Nc2ccccc2)c1. The van der Waals surface area contributed by atoms with Gasteiger partial charge in [0.25, 0.3) is 15.9 Å². The molecule has 3 rings (SSSR count). The van der Waals surface area contributed by atoms with Crippen molar-refractivity contribution in [2.75, 3.05) is 11.8 Å². The van der Waals surface area contributed by atoms with Crippen LogP contribution in [-0.2, 0) is 16.6 Å². The van der Waals surface area contributed by atoms with Crippen LogP contribution in [0.5, 0.6) is 0 Å². The van der Waals surface area contributed by atoms with Crippen molar-refractivity contribution in [3.05, 3.63) is 95.0 Å². The summed E-state index contributed by atoms with van der Waals surface area (Å²) in [5, 5.41) is 0.0469. The molecule has 3 aromatic carbocycles. The number of carbonyl (C=O) groups excluding carboxylic acids is 1. The van der Waals surface area contributed by atoms with E-state index in [0.29, 0.717) is 12.2 Å². The van der Waals surface area contributed by atoms with Gasteiger partial charge in [0.15, 0.2) is 0 Å². The fourth-order valence-corrected chi connectivity index (χ4v) is 4.29. The first kappa shape index (κ1) is 19.9. The number of amides is 1. The highest BCUT2D eigenvalue weighted by atomic mass is 35.5. The molecule has 0 atom stereocenters. The lowest BCUT2D eigenvalue weighted by Crippen LogP contribution is -2.26.